The maximum atomic E-state index is 14.0. The Bertz CT molecular complexity index is 993. The summed E-state index contributed by atoms with van der Waals surface area (Å²) in [5.41, 5.74) is -0.293. The van der Waals surface area contributed by atoms with Crippen molar-refractivity contribution in [2.75, 3.05) is 34.2 Å². The van der Waals surface area contributed by atoms with Crippen LogP contribution >= 0.6 is 11.3 Å². The lowest BCUT2D eigenvalue weighted by atomic mass is 9.75. The van der Waals surface area contributed by atoms with Crippen molar-refractivity contribution in [2.45, 2.75) is 31.7 Å². The molecule has 0 radical (unpaired) electrons. The molecule has 0 bridgehead atoms. The lowest BCUT2D eigenvalue weighted by molar-refractivity contribution is -0.142. The highest BCUT2D eigenvalue weighted by atomic mass is 32.1. The second-order valence-corrected chi connectivity index (χ2v) is 9.27. The molecule has 1 aliphatic heterocycles. The molecule has 31 heavy (non-hydrogen) atoms. The van der Waals surface area contributed by atoms with Gasteiger partial charge in [-0.15, -0.1) is 11.3 Å². The number of imide groups is 1. The monoisotopic (exact) mass is 446 g/mol. The lowest BCUT2D eigenvalue weighted by Gasteiger charge is -2.29. The van der Waals surface area contributed by atoms with Crippen LogP contribution in [-0.2, 0) is 26.3 Å². The first-order valence-electron chi connectivity index (χ1n) is 10.0. The van der Waals surface area contributed by atoms with E-state index in [4.69, 9.17) is 0 Å². The molecule has 0 saturated carbocycles. The Kier molecular flexibility index (Phi) is 6.86. The van der Waals surface area contributed by atoms with Gasteiger partial charge in [-0.2, -0.15) is 0 Å². The molecule has 0 spiro atoms. The van der Waals surface area contributed by atoms with E-state index in [0.29, 0.717) is 18.7 Å². The molecule has 1 atom stereocenters. The predicted molar refractivity (Wildman–Crippen MR) is 116 cm³/mol. The largest absolute Gasteiger partial charge is 0.340 e. The lowest BCUT2D eigenvalue weighted by Crippen LogP contribution is -2.44. The second kappa shape index (κ2) is 9.23. The summed E-state index contributed by atoms with van der Waals surface area (Å²) >= 11 is 1.50. The van der Waals surface area contributed by atoms with Gasteiger partial charge in [-0.25, -0.2) is 9.37 Å². The van der Waals surface area contributed by atoms with E-state index in [1.54, 1.807) is 13.1 Å². The number of hydrogen-bond donors (Lipinski definition) is 0. The van der Waals surface area contributed by atoms with Gasteiger partial charge in [-0.05, 0) is 38.7 Å². The molecule has 9 heteroatoms. The van der Waals surface area contributed by atoms with Gasteiger partial charge < -0.3 is 9.80 Å². The molecule has 3 amide bonds. The van der Waals surface area contributed by atoms with Gasteiger partial charge in [-0.3, -0.25) is 19.3 Å². The second-order valence-electron chi connectivity index (χ2n) is 8.21. The summed E-state index contributed by atoms with van der Waals surface area (Å²) in [6.45, 7) is 2.92. The fraction of sp³-hybridized carbons (Fsp3) is 0.455. The standard InChI is InChI=1S/C22H27FN4O3S/c1-15-24-18(14-31-15)13-26(4)19(28)11-22(16-6-5-7-17(23)10-16)12-20(29)27(21(22)30)9-8-25(2)3/h5-7,10,14H,8-9,11-13H2,1-4H3. The van der Waals surface area contributed by atoms with Crippen LogP contribution in [-0.4, -0.2) is 71.6 Å². The highest BCUT2D eigenvalue weighted by molar-refractivity contribution is 7.09. The molecule has 0 aliphatic carbocycles. The summed E-state index contributed by atoms with van der Waals surface area (Å²) in [6.07, 6.45) is -0.364. The molecule has 7 nitrogen and oxygen atoms in total. The Morgan fingerprint density at radius 3 is 2.65 bits per heavy atom. The normalized spacial score (nSPS) is 18.8. The molecule has 166 valence electrons. The number of nitrogens with zero attached hydrogens (tertiary/aromatic N) is 4. The predicted octanol–water partition coefficient (Wildman–Crippen LogP) is 2.20. The number of aromatic nitrogens is 1. The molecule has 2 aromatic rings. The fourth-order valence-electron chi connectivity index (χ4n) is 3.78. The van der Waals surface area contributed by atoms with Crippen LogP contribution in [0.25, 0.3) is 0 Å². The molecule has 1 aromatic carbocycles. The van der Waals surface area contributed by atoms with Gasteiger partial charge in [0.2, 0.25) is 17.7 Å². The van der Waals surface area contributed by atoms with Crippen LogP contribution in [0.1, 0.15) is 29.1 Å². The molecule has 1 aromatic heterocycles. The molecular formula is C22H27FN4O3S. The fourth-order valence-corrected chi connectivity index (χ4v) is 4.39. The van der Waals surface area contributed by atoms with Gasteiger partial charge in [0.25, 0.3) is 0 Å². The highest BCUT2D eigenvalue weighted by Gasteiger charge is 2.54. The van der Waals surface area contributed by atoms with E-state index in [1.807, 2.05) is 31.3 Å². The SMILES string of the molecule is Cc1nc(CN(C)C(=O)CC2(c3cccc(F)c3)CC(=O)N(CCN(C)C)C2=O)cs1. The van der Waals surface area contributed by atoms with Crippen molar-refractivity contribution in [1.29, 1.82) is 0 Å². The molecule has 0 N–H and O–H groups in total. The third-order valence-electron chi connectivity index (χ3n) is 5.50. The molecule has 1 saturated heterocycles. The number of benzene rings is 1. The quantitative estimate of drug-likeness (QED) is 0.582. The Balaban J connectivity index is 1.89. The van der Waals surface area contributed by atoms with Crippen molar-refractivity contribution in [3.63, 3.8) is 0 Å². The van der Waals surface area contributed by atoms with Gasteiger partial charge in [0.15, 0.2) is 0 Å². The van der Waals surface area contributed by atoms with Gasteiger partial charge in [0.1, 0.15) is 5.82 Å². The third kappa shape index (κ3) is 4.99. The summed E-state index contributed by atoms with van der Waals surface area (Å²) < 4.78 is 14.0. The van der Waals surface area contributed by atoms with E-state index in [0.717, 1.165) is 10.7 Å². The molecule has 2 heterocycles. The first kappa shape index (κ1) is 23.0. The van der Waals surface area contributed by atoms with Crippen molar-refractivity contribution >= 4 is 29.1 Å². The van der Waals surface area contributed by atoms with Crippen molar-refractivity contribution in [1.82, 2.24) is 19.7 Å². The minimum Gasteiger partial charge on any atom is -0.340 e. The van der Waals surface area contributed by atoms with Gasteiger partial charge in [0, 0.05) is 38.4 Å². The number of rotatable bonds is 8. The first-order chi connectivity index (χ1) is 14.6. The van der Waals surface area contributed by atoms with Crippen molar-refractivity contribution < 1.29 is 18.8 Å². The summed E-state index contributed by atoms with van der Waals surface area (Å²) in [4.78, 5) is 48.3. The van der Waals surface area contributed by atoms with Crippen LogP contribution in [0.4, 0.5) is 4.39 Å². The van der Waals surface area contributed by atoms with Crippen LogP contribution in [0, 0.1) is 12.7 Å². The minimum atomic E-state index is -1.41. The van der Waals surface area contributed by atoms with Crippen molar-refractivity contribution in [3.8, 4) is 0 Å². The summed E-state index contributed by atoms with van der Waals surface area (Å²) in [5, 5.41) is 2.79. The Hall–Kier alpha value is -2.65. The zero-order chi connectivity index (χ0) is 22.8. The maximum absolute atomic E-state index is 14.0. The number of halogens is 1. The zero-order valence-corrected chi connectivity index (χ0v) is 19.0. The average Bonchev–Trinajstić information content (AvgIpc) is 3.21. The number of likely N-dealkylation sites (N-methyl/N-ethyl adjacent to an activating group) is 1. The van der Waals surface area contributed by atoms with Crippen LogP contribution in [0.15, 0.2) is 29.6 Å². The van der Waals surface area contributed by atoms with E-state index in [2.05, 4.69) is 4.98 Å². The summed E-state index contributed by atoms with van der Waals surface area (Å²) in [5.74, 6) is -1.61. The smallest absolute Gasteiger partial charge is 0.240 e. The van der Waals surface area contributed by atoms with Crippen LogP contribution < -0.4 is 0 Å². The first-order valence-corrected chi connectivity index (χ1v) is 10.9. The Morgan fingerprint density at radius 1 is 1.29 bits per heavy atom. The summed E-state index contributed by atoms with van der Waals surface area (Å²) in [7, 11) is 5.34. The van der Waals surface area contributed by atoms with E-state index < -0.39 is 17.1 Å². The number of likely N-dealkylation sites (tertiary alicyclic amines) is 1. The maximum Gasteiger partial charge on any atom is 0.240 e. The van der Waals surface area contributed by atoms with E-state index in [-0.39, 0.29) is 31.2 Å². The molecular weight excluding hydrogens is 419 g/mol. The topological polar surface area (TPSA) is 73.8 Å². The number of carbonyl (C=O) groups is 3. The van der Waals surface area contributed by atoms with E-state index in [9.17, 15) is 18.8 Å². The summed E-state index contributed by atoms with van der Waals surface area (Å²) in [6, 6.07) is 5.64. The number of amides is 3. The number of hydrogen-bond acceptors (Lipinski definition) is 6. The molecule has 1 unspecified atom stereocenters. The van der Waals surface area contributed by atoms with Crippen LogP contribution in [0.2, 0.25) is 0 Å². The minimum absolute atomic E-state index is 0.155. The van der Waals surface area contributed by atoms with E-state index in [1.165, 1.54) is 39.3 Å². The average molecular weight is 447 g/mol. The van der Waals surface area contributed by atoms with Crippen molar-refractivity contribution in [3.05, 3.63) is 51.7 Å². The van der Waals surface area contributed by atoms with Gasteiger partial charge >= 0.3 is 0 Å². The molecule has 1 fully saturated rings. The number of thiazole rings is 1. The van der Waals surface area contributed by atoms with Crippen molar-refractivity contribution in [2.24, 2.45) is 0 Å². The Labute approximate surface area is 185 Å². The zero-order valence-electron chi connectivity index (χ0n) is 18.2. The van der Waals surface area contributed by atoms with Gasteiger partial charge in [0.05, 0.1) is 22.7 Å². The van der Waals surface area contributed by atoms with E-state index >= 15 is 0 Å². The van der Waals surface area contributed by atoms with Crippen LogP contribution in [0.3, 0.4) is 0 Å². The molecule has 3 rings (SSSR count). The Morgan fingerprint density at radius 2 is 2.03 bits per heavy atom. The third-order valence-corrected chi connectivity index (χ3v) is 6.32. The van der Waals surface area contributed by atoms with Crippen LogP contribution in [0.5, 0.6) is 0 Å². The number of aryl methyl sites for hydroxylation is 1. The van der Waals surface area contributed by atoms with Gasteiger partial charge in [-0.1, -0.05) is 12.1 Å². The highest BCUT2D eigenvalue weighted by Crippen LogP contribution is 2.40. The molecule has 1 aliphatic rings. The number of carbonyl (C=O) groups excluding carboxylic acids is 3.